The Morgan fingerprint density at radius 3 is 2.32 bits per heavy atom. The zero-order chi connectivity index (χ0) is 24.1. The number of esters is 1. The van der Waals surface area contributed by atoms with Gasteiger partial charge < -0.3 is 10.1 Å². The molecule has 1 amide bonds. The second kappa shape index (κ2) is 9.53. The SMILES string of the molecule is O=C(OC(C(=O)Nc1cccc(C(F)(F)F)c1)c1ccccc1)c1ccc(-n2cnnn2)cc1. The fourth-order valence-electron chi connectivity index (χ4n) is 3.09. The van der Waals surface area contributed by atoms with Crippen molar-refractivity contribution in [3.8, 4) is 5.69 Å². The summed E-state index contributed by atoms with van der Waals surface area (Å²) in [6.07, 6.45) is -4.58. The maximum atomic E-state index is 13.0. The molecule has 34 heavy (non-hydrogen) atoms. The highest BCUT2D eigenvalue weighted by atomic mass is 19.4. The van der Waals surface area contributed by atoms with Crippen LogP contribution in [-0.2, 0) is 15.7 Å². The molecule has 4 aromatic rings. The molecular weight excluding hydrogens is 451 g/mol. The summed E-state index contributed by atoms with van der Waals surface area (Å²) in [5.41, 5.74) is 0.113. The summed E-state index contributed by atoms with van der Waals surface area (Å²) < 4.78 is 45.9. The Hall–Kier alpha value is -4.54. The van der Waals surface area contributed by atoms with E-state index in [4.69, 9.17) is 4.74 Å². The van der Waals surface area contributed by atoms with Gasteiger partial charge in [-0.05, 0) is 52.9 Å². The number of alkyl halides is 3. The van der Waals surface area contributed by atoms with Crippen LogP contribution in [0.15, 0.2) is 85.2 Å². The van der Waals surface area contributed by atoms with Gasteiger partial charge in [-0.2, -0.15) is 13.2 Å². The fourth-order valence-corrected chi connectivity index (χ4v) is 3.09. The monoisotopic (exact) mass is 467 g/mol. The quantitative estimate of drug-likeness (QED) is 0.427. The third kappa shape index (κ3) is 5.26. The van der Waals surface area contributed by atoms with Crippen molar-refractivity contribution in [3.05, 3.63) is 102 Å². The van der Waals surface area contributed by atoms with Gasteiger partial charge in [-0.15, -0.1) is 5.10 Å². The van der Waals surface area contributed by atoms with Gasteiger partial charge in [0.25, 0.3) is 5.91 Å². The third-order valence-corrected chi connectivity index (χ3v) is 4.74. The molecule has 0 radical (unpaired) electrons. The number of nitrogens with one attached hydrogen (secondary N) is 1. The number of amides is 1. The van der Waals surface area contributed by atoms with Gasteiger partial charge in [0.05, 0.1) is 16.8 Å². The third-order valence-electron chi connectivity index (χ3n) is 4.74. The standard InChI is InChI=1S/C23H16F3N5O3/c24-23(25,26)17-7-4-8-18(13-17)28-21(32)20(15-5-2-1-3-6-15)34-22(33)16-9-11-19(12-10-16)31-14-27-29-30-31/h1-14,20H,(H,28,32). The molecule has 0 aliphatic heterocycles. The number of carbonyl (C=O) groups excluding carboxylic acids is 2. The number of benzene rings is 3. The summed E-state index contributed by atoms with van der Waals surface area (Å²) in [4.78, 5) is 25.7. The Morgan fingerprint density at radius 1 is 0.941 bits per heavy atom. The first-order valence-electron chi connectivity index (χ1n) is 9.89. The van der Waals surface area contributed by atoms with E-state index in [1.807, 2.05) is 0 Å². The molecule has 0 fully saturated rings. The zero-order valence-electron chi connectivity index (χ0n) is 17.3. The van der Waals surface area contributed by atoms with Gasteiger partial charge in [-0.1, -0.05) is 36.4 Å². The Kier molecular flexibility index (Phi) is 6.35. The predicted molar refractivity (Wildman–Crippen MR) is 114 cm³/mol. The lowest BCUT2D eigenvalue weighted by molar-refractivity contribution is -0.137. The minimum absolute atomic E-state index is 0.0809. The molecule has 8 nitrogen and oxygen atoms in total. The molecule has 0 saturated carbocycles. The molecule has 3 aromatic carbocycles. The highest BCUT2D eigenvalue weighted by Crippen LogP contribution is 2.31. The lowest BCUT2D eigenvalue weighted by Gasteiger charge is -2.19. The van der Waals surface area contributed by atoms with Crippen LogP contribution in [0.25, 0.3) is 5.69 Å². The second-order valence-electron chi connectivity index (χ2n) is 7.07. The van der Waals surface area contributed by atoms with E-state index in [9.17, 15) is 22.8 Å². The molecule has 1 atom stereocenters. The highest BCUT2D eigenvalue weighted by molar-refractivity contribution is 5.98. The van der Waals surface area contributed by atoms with Crippen LogP contribution in [0.2, 0.25) is 0 Å². The van der Waals surface area contributed by atoms with Gasteiger partial charge in [-0.3, -0.25) is 4.79 Å². The van der Waals surface area contributed by atoms with E-state index in [1.165, 1.54) is 35.3 Å². The highest BCUT2D eigenvalue weighted by Gasteiger charge is 2.31. The lowest BCUT2D eigenvalue weighted by atomic mass is 10.1. The van der Waals surface area contributed by atoms with E-state index in [0.29, 0.717) is 11.3 Å². The molecule has 4 rings (SSSR count). The summed E-state index contributed by atoms with van der Waals surface area (Å²) in [5.74, 6) is -1.60. The number of aromatic nitrogens is 4. The maximum absolute atomic E-state index is 13.0. The fraction of sp³-hybridized carbons (Fsp3) is 0.0870. The average molecular weight is 467 g/mol. The minimum Gasteiger partial charge on any atom is -0.444 e. The van der Waals surface area contributed by atoms with Gasteiger partial charge >= 0.3 is 12.1 Å². The molecule has 0 aliphatic carbocycles. The number of hydrogen-bond donors (Lipinski definition) is 1. The Balaban J connectivity index is 1.55. The minimum atomic E-state index is -4.57. The van der Waals surface area contributed by atoms with Crippen molar-refractivity contribution in [2.24, 2.45) is 0 Å². The van der Waals surface area contributed by atoms with Crippen LogP contribution < -0.4 is 5.32 Å². The second-order valence-corrected chi connectivity index (χ2v) is 7.07. The van der Waals surface area contributed by atoms with Crippen molar-refractivity contribution in [2.75, 3.05) is 5.32 Å². The number of hydrogen-bond acceptors (Lipinski definition) is 6. The number of anilines is 1. The van der Waals surface area contributed by atoms with Crippen molar-refractivity contribution in [1.82, 2.24) is 20.2 Å². The van der Waals surface area contributed by atoms with E-state index in [1.54, 1.807) is 42.5 Å². The molecule has 1 unspecified atom stereocenters. The van der Waals surface area contributed by atoms with E-state index in [0.717, 1.165) is 12.1 Å². The van der Waals surface area contributed by atoms with Crippen LogP contribution in [0.4, 0.5) is 18.9 Å². The molecular formula is C23H16F3N5O3. The Labute approximate surface area is 191 Å². The zero-order valence-corrected chi connectivity index (χ0v) is 17.3. The number of ether oxygens (including phenoxy) is 1. The molecule has 0 bridgehead atoms. The van der Waals surface area contributed by atoms with Crippen LogP contribution in [0.5, 0.6) is 0 Å². The Morgan fingerprint density at radius 2 is 1.68 bits per heavy atom. The van der Waals surface area contributed by atoms with E-state index < -0.39 is 29.7 Å². The molecule has 0 aliphatic rings. The van der Waals surface area contributed by atoms with Crippen molar-refractivity contribution in [1.29, 1.82) is 0 Å². The summed E-state index contributed by atoms with van der Waals surface area (Å²) in [6, 6.07) is 18.5. The van der Waals surface area contributed by atoms with Crippen LogP contribution >= 0.6 is 0 Å². The summed E-state index contributed by atoms with van der Waals surface area (Å²) in [7, 11) is 0. The van der Waals surface area contributed by atoms with Gasteiger partial charge in [0.2, 0.25) is 6.10 Å². The summed E-state index contributed by atoms with van der Waals surface area (Å²) >= 11 is 0. The molecule has 1 N–H and O–H groups in total. The number of carbonyl (C=O) groups is 2. The predicted octanol–water partition coefficient (Wildman–Crippen LogP) is 4.22. The summed E-state index contributed by atoms with van der Waals surface area (Å²) in [5, 5.41) is 13.2. The number of nitrogens with zero attached hydrogens (tertiary/aromatic N) is 4. The van der Waals surface area contributed by atoms with Crippen molar-refractivity contribution >= 4 is 17.6 Å². The first-order chi connectivity index (χ1) is 16.3. The average Bonchev–Trinajstić information content (AvgIpc) is 3.38. The van der Waals surface area contributed by atoms with E-state index in [2.05, 4.69) is 20.8 Å². The van der Waals surface area contributed by atoms with Crippen molar-refractivity contribution in [2.45, 2.75) is 12.3 Å². The van der Waals surface area contributed by atoms with Crippen molar-refractivity contribution in [3.63, 3.8) is 0 Å². The van der Waals surface area contributed by atoms with Crippen LogP contribution in [0, 0.1) is 0 Å². The first-order valence-corrected chi connectivity index (χ1v) is 9.89. The molecule has 0 spiro atoms. The number of rotatable bonds is 6. The van der Waals surface area contributed by atoms with Gasteiger partial charge in [0.1, 0.15) is 6.33 Å². The molecule has 1 aromatic heterocycles. The van der Waals surface area contributed by atoms with E-state index >= 15 is 0 Å². The molecule has 11 heteroatoms. The van der Waals surface area contributed by atoms with Gasteiger partial charge in [0.15, 0.2) is 0 Å². The first kappa shape index (κ1) is 22.6. The topological polar surface area (TPSA) is 99.0 Å². The Bertz CT molecular complexity index is 1280. The van der Waals surface area contributed by atoms with Crippen molar-refractivity contribution < 1.29 is 27.5 Å². The van der Waals surface area contributed by atoms with Crippen LogP contribution in [0.1, 0.15) is 27.6 Å². The van der Waals surface area contributed by atoms with E-state index in [-0.39, 0.29) is 11.3 Å². The smallest absolute Gasteiger partial charge is 0.416 e. The number of tetrazole rings is 1. The number of halogens is 3. The largest absolute Gasteiger partial charge is 0.444 e. The molecule has 172 valence electrons. The normalized spacial score (nSPS) is 12.1. The summed E-state index contributed by atoms with van der Waals surface area (Å²) in [6.45, 7) is 0. The lowest BCUT2D eigenvalue weighted by Crippen LogP contribution is -2.26. The van der Waals surface area contributed by atoms with Crippen LogP contribution in [0.3, 0.4) is 0 Å². The maximum Gasteiger partial charge on any atom is 0.416 e. The molecule has 1 heterocycles. The molecule has 0 saturated heterocycles. The van der Waals surface area contributed by atoms with Gasteiger partial charge in [-0.25, -0.2) is 9.48 Å². The van der Waals surface area contributed by atoms with Crippen LogP contribution in [-0.4, -0.2) is 32.1 Å². The van der Waals surface area contributed by atoms with Gasteiger partial charge in [0, 0.05) is 11.3 Å².